The molecule has 1 saturated carbocycles. The number of carbonyl (C=O) groups excluding carboxylic acids is 1. The Morgan fingerprint density at radius 1 is 0.935 bits per heavy atom. The second kappa shape index (κ2) is 11.1. The number of rotatable bonds is 6. The molecule has 1 aliphatic heterocycles. The third kappa shape index (κ3) is 6.77. The average molecular weight is 441 g/mol. The molecule has 2 fully saturated rings. The standard InChI is InChI=1S/C17H22O2S.C10H14O/c1-3-11(2)12-4-7-14(8-5-12)19-17(18)13-6-9-15-16(10-13)20-15;1-3-8(2)9-4-6-10(11)7-5-9/h4-5,7-8,11,13,15-16H,3,6,9-10H2,1-2H3;4-8,11H,3H2,1-2H3. The van der Waals surface area contributed by atoms with E-state index in [4.69, 9.17) is 9.84 Å². The molecule has 5 atom stereocenters. The van der Waals surface area contributed by atoms with Gasteiger partial charge in [0.2, 0.25) is 0 Å². The molecule has 0 spiro atoms. The normalized spacial score (nSPS) is 23.5. The molecular weight excluding hydrogens is 404 g/mol. The molecule has 4 heteroatoms. The number of hydrogen-bond donors (Lipinski definition) is 1. The Labute approximate surface area is 191 Å². The predicted molar refractivity (Wildman–Crippen MR) is 130 cm³/mol. The lowest BCUT2D eigenvalue weighted by Gasteiger charge is -2.18. The van der Waals surface area contributed by atoms with E-state index in [0.717, 1.165) is 36.2 Å². The van der Waals surface area contributed by atoms with Gasteiger partial charge in [-0.25, -0.2) is 0 Å². The largest absolute Gasteiger partial charge is 0.508 e. The van der Waals surface area contributed by atoms with E-state index >= 15 is 0 Å². The van der Waals surface area contributed by atoms with Gasteiger partial charge in [-0.2, -0.15) is 11.8 Å². The highest BCUT2D eigenvalue weighted by molar-refractivity contribution is 8.07. The SMILES string of the molecule is CCC(C)c1ccc(O)cc1.CCC(C)c1ccc(OC(=O)C2CCC3SC3C2)cc1. The van der Waals surface area contributed by atoms with Crippen LogP contribution in [0.2, 0.25) is 0 Å². The van der Waals surface area contributed by atoms with Crippen molar-refractivity contribution in [2.75, 3.05) is 0 Å². The molecule has 5 unspecified atom stereocenters. The van der Waals surface area contributed by atoms with E-state index in [2.05, 4.69) is 39.8 Å². The summed E-state index contributed by atoms with van der Waals surface area (Å²) in [7, 11) is 0. The van der Waals surface area contributed by atoms with Crippen molar-refractivity contribution >= 4 is 17.7 Å². The molecule has 0 aromatic heterocycles. The number of phenolic OH excluding ortho intramolecular Hbond substituents is 1. The zero-order chi connectivity index (χ0) is 22.4. The van der Waals surface area contributed by atoms with E-state index in [0.29, 0.717) is 23.3 Å². The zero-order valence-corrected chi connectivity index (χ0v) is 20.0. The maximum absolute atomic E-state index is 12.2. The minimum Gasteiger partial charge on any atom is -0.508 e. The lowest BCUT2D eigenvalue weighted by Crippen LogP contribution is -2.25. The smallest absolute Gasteiger partial charge is 0.314 e. The van der Waals surface area contributed by atoms with Gasteiger partial charge in [0.1, 0.15) is 11.5 Å². The van der Waals surface area contributed by atoms with Crippen LogP contribution >= 0.6 is 11.8 Å². The number of aromatic hydroxyl groups is 1. The summed E-state index contributed by atoms with van der Waals surface area (Å²) < 4.78 is 5.54. The fourth-order valence-corrected chi connectivity index (χ4v) is 5.18. The van der Waals surface area contributed by atoms with Gasteiger partial charge in [-0.1, -0.05) is 52.0 Å². The number of esters is 1. The molecule has 1 heterocycles. The fourth-order valence-electron chi connectivity index (χ4n) is 3.96. The highest BCUT2D eigenvalue weighted by atomic mass is 32.2. The van der Waals surface area contributed by atoms with E-state index in [1.807, 2.05) is 36.0 Å². The van der Waals surface area contributed by atoms with Crippen LogP contribution in [0.3, 0.4) is 0 Å². The monoisotopic (exact) mass is 440 g/mol. The number of thioether (sulfide) groups is 1. The van der Waals surface area contributed by atoms with Crippen LogP contribution < -0.4 is 4.74 Å². The lowest BCUT2D eigenvalue weighted by molar-refractivity contribution is -0.139. The molecule has 168 valence electrons. The van der Waals surface area contributed by atoms with E-state index in [1.165, 1.54) is 17.5 Å². The zero-order valence-electron chi connectivity index (χ0n) is 19.2. The third-order valence-corrected chi connectivity index (χ3v) is 8.16. The molecule has 0 bridgehead atoms. The van der Waals surface area contributed by atoms with Crippen molar-refractivity contribution in [2.45, 2.75) is 82.1 Å². The van der Waals surface area contributed by atoms with Gasteiger partial charge in [0.25, 0.3) is 0 Å². The summed E-state index contributed by atoms with van der Waals surface area (Å²) in [6.45, 7) is 8.75. The van der Waals surface area contributed by atoms with Crippen molar-refractivity contribution in [2.24, 2.45) is 5.92 Å². The lowest BCUT2D eigenvalue weighted by atomic mass is 9.89. The van der Waals surface area contributed by atoms with Crippen LogP contribution in [-0.2, 0) is 4.79 Å². The minimum atomic E-state index is -0.0350. The van der Waals surface area contributed by atoms with Gasteiger partial charge in [-0.15, -0.1) is 0 Å². The minimum absolute atomic E-state index is 0.0350. The van der Waals surface area contributed by atoms with Crippen LogP contribution in [0.4, 0.5) is 0 Å². The van der Waals surface area contributed by atoms with Crippen LogP contribution in [0, 0.1) is 5.92 Å². The van der Waals surface area contributed by atoms with Crippen LogP contribution in [0.15, 0.2) is 48.5 Å². The number of phenols is 1. The first kappa shape index (κ1) is 23.7. The summed E-state index contributed by atoms with van der Waals surface area (Å²) in [6, 6.07) is 15.4. The molecule has 1 saturated heterocycles. The first-order valence-electron chi connectivity index (χ1n) is 11.7. The van der Waals surface area contributed by atoms with Gasteiger partial charge in [0.15, 0.2) is 0 Å². The quantitative estimate of drug-likeness (QED) is 0.291. The molecule has 2 aromatic rings. The molecule has 0 radical (unpaired) electrons. The number of benzene rings is 2. The third-order valence-electron chi connectivity index (χ3n) is 6.69. The second-order valence-corrected chi connectivity index (χ2v) is 10.4. The number of carbonyl (C=O) groups is 1. The highest BCUT2D eigenvalue weighted by Crippen LogP contribution is 2.52. The first-order chi connectivity index (χ1) is 14.9. The molecule has 31 heavy (non-hydrogen) atoms. The van der Waals surface area contributed by atoms with E-state index in [9.17, 15) is 4.79 Å². The Morgan fingerprint density at radius 3 is 2.00 bits per heavy atom. The average Bonchev–Trinajstić information content (AvgIpc) is 3.58. The molecule has 2 aromatic carbocycles. The van der Waals surface area contributed by atoms with Crippen LogP contribution in [0.5, 0.6) is 11.5 Å². The molecule has 2 aliphatic rings. The van der Waals surface area contributed by atoms with Crippen molar-refractivity contribution in [3.8, 4) is 11.5 Å². The molecular formula is C27H36O3S. The Morgan fingerprint density at radius 2 is 1.48 bits per heavy atom. The summed E-state index contributed by atoms with van der Waals surface area (Å²) in [5.74, 6) is 2.26. The summed E-state index contributed by atoms with van der Waals surface area (Å²) in [5, 5.41) is 10.6. The maximum atomic E-state index is 12.2. The predicted octanol–water partition coefficient (Wildman–Crippen LogP) is 7.30. The summed E-state index contributed by atoms with van der Waals surface area (Å²) in [5.41, 5.74) is 2.60. The van der Waals surface area contributed by atoms with Crippen LogP contribution in [0.1, 0.15) is 82.8 Å². The fraction of sp³-hybridized carbons (Fsp3) is 0.519. The number of hydrogen-bond acceptors (Lipinski definition) is 4. The Balaban J connectivity index is 0.000000210. The number of fused-ring (bicyclic) bond motifs is 1. The van der Waals surface area contributed by atoms with Crippen LogP contribution in [-0.4, -0.2) is 21.6 Å². The Hall–Kier alpha value is -1.94. The topological polar surface area (TPSA) is 46.5 Å². The van der Waals surface area contributed by atoms with Crippen molar-refractivity contribution in [1.29, 1.82) is 0 Å². The summed E-state index contributed by atoms with van der Waals surface area (Å²) in [6.07, 6.45) is 5.46. The van der Waals surface area contributed by atoms with Crippen molar-refractivity contribution in [1.82, 2.24) is 0 Å². The summed E-state index contributed by atoms with van der Waals surface area (Å²) in [4.78, 5) is 12.2. The summed E-state index contributed by atoms with van der Waals surface area (Å²) >= 11 is 2.03. The van der Waals surface area contributed by atoms with Gasteiger partial charge >= 0.3 is 5.97 Å². The maximum Gasteiger partial charge on any atom is 0.314 e. The van der Waals surface area contributed by atoms with Crippen molar-refractivity contribution in [3.05, 3.63) is 59.7 Å². The van der Waals surface area contributed by atoms with Gasteiger partial charge in [0, 0.05) is 10.5 Å². The molecule has 4 rings (SSSR count). The van der Waals surface area contributed by atoms with Gasteiger partial charge in [0.05, 0.1) is 5.92 Å². The molecule has 0 amide bonds. The molecule has 3 nitrogen and oxygen atoms in total. The van der Waals surface area contributed by atoms with Crippen molar-refractivity contribution < 1.29 is 14.6 Å². The Kier molecular flexibility index (Phi) is 8.48. The van der Waals surface area contributed by atoms with E-state index in [-0.39, 0.29) is 11.9 Å². The van der Waals surface area contributed by atoms with Crippen molar-refractivity contribution in [3.63, 3.8) is 0 Å². The van der Waals surface area contributed by atoms with Gasteiger partial charge in [-0.05, 0) is 79.3 Å². The van der Waals surface area contributed by atoms with Crippen LogP contribution in [0.25, 0.3) is 0 Å². The number of ether oxygens (including phenoxy) is 1. The van der Waals surface area contributed by atoms with Gasteiger partial charge < -0.3 is 9.84 Å². The second-order valence-electron chi connectivity index (χ2n) is 8.92. The van der Waals surface area contributed by atoms with E-state index < -0.39 is 0 Å². The van der Waals surface area contributed by atoms with Gasteiger partial charge in [-0.3, -0.25) is 4.79 Å². The molecule has 1 N–H and O–H groups in total. The highest BCUT2D eigenvalue weighted by Gasteiger charge is 2.45. The Bertz CT molecular complexity index is 831. The van der Waals surface area contributed by atoms with E-state index in [1.54, 1.807) is 12.1 Å². The molecule has 1 aliphatic carbocycles. The first-order valence-corrected chi connectivity index (χ1v) is 12.6.